The molecule has 2 aromatic rings. The van der Waals surface area contributed by atoms with Gasteiger partial charge in [0.25, 0.3) is 5.91 Å². The Bertz CT molecular complexity index is 749. The maximum absolute atomic E-state index is 12.8. The van der Waals surface area contributed by atoms with E-state index in [-0.39, 0.29) is 5.91 Å². The number of hydrogen-bond donors (Lipinski definition) is 1. The van der Waals surface area contributed by atoms with Crippen molar-refractivity contribution in [1.29, 1.82) is 0 Å². The lowest BCUT2D eigenvalue weighted by molar-refractivity contribution is 0.0766. The second-order valence-electron chi connectivity index (χ2n) is 6.82. The summed E-state index contributed by atoms with van der Waals surface area (Å²) in [6.07, 6.45) is 7.02. The fourth-order valence-corrected chi connectivity index (χ4v) is 3.42. The molecule has 1 unspecified atom stereocenters. The van der Waals surface area contributed by atoms with Crippen LogP contribution in [0.5, 0.6) is 0 Å². The van der Waals surface area contributed by atoms with E-state index in [2.05, 4.69) is 25.2 Å². The van der Waals surface area contributed by atoms with Crippen LogP contribution in [-0.2, 0) is 4.74 Å². The fraction of sp³-hybridized carbons (Fsp3) is 0.474. The first-order valence-electron chi connectivity index (χ1n) is 9.41. The number of rotatable bonds is 4. The molecule has 0 radical (unpaired) electrons. The van der Waals surface area contributed by atoms with Gasteiger partial charge in [0.2, 0.25) is 5.95 Å². The van der Waals surface area contributed by atoms with Gasteiger partial charge in [-0.15, -0.1) is 0 Å². The Labute approximate surface area is 158 Å². The number of nitrogens with one attached hydrogen (secondary N) is 1. The van der Waals surface area contributed by atoms with E-state index in [1.165, 1.54) is 0 Å². The Morgan fingerprint density at radius 1 is 1.11 bits per heavy atom. The van der Waals surface area contributed by atoms with Crippen molar-refractivity contribution in [2.75, 3.05) is 49.6 Å². The molecule has 142 valence electrons. The van der Waals surface area contributed by atoms with Crippen LogP contribution in [0.15, 0.2) is 36.8 Å². The number of hydrogen-bond acceptors (Lipinski definition) is 7. The molecule has 2 aliphatic heterocycles. The van der Waals surface area contributed by atoms with E-state index in [0.717, 1.165) is 50.8 Å². The maximum Gasteiger partial charge on any atom is 0.255 e. The van der Waals surface area contributed by atoms with Crippen LogP contribution in [0.4, 0.5) is 11.8 Å². The van der Waals surface area contributed by atoms with Gasteiger partial charge in [0.05, 0.1) is 18.2 Å². The van der Waals surface area contributed by atoms with Crippen molar-refractivity contribution in [3.63, 3.8) is 0 Å². The van der Waals surface area contributed by atoms with Gasteiger partial charge in [-0.1, -0.05) is 0 Å². The molecule has 4 heterocycles. The van der Waals surface area contributed by atoms with Crippen LogP contribution in [0.1, 0.15) is 23.2 Å². The zero-order chi connectivity index (χ0) is 18.5. The minimum Gasteiger partial charge on any atom is -0.379 e. The van der Waals surface area contributed by atoms with E-state index in [9.17, 15) is 4.79 Å². The van der Waals surface area contributed by atoms with Crippen LogP contribution < -0.4 is 10.2 Å². The lowest BCUT2D eigenvalue weighted by Crippen LogP contribution is -2.35. The number of anilines is 2. The smallest absolute Gasteiger partial charge is 0.255 e. The first-order valence-corrected chi connectivity index (χ1v) is 9.41. The summed E-state index contributed by atoms with van der Waals surface area (Å²) in [6, 6.07) is 5.82. The summed E-state index contributed by atoms with van der Waals surface area (Å²) in [5.74, 6) is 1.53. The van der Waals surface area contributed by atoms with Gasteiger partial charge in [-0.3, -0.25) is 4.79 Å². The van der Waals surface area contributed by atoms with Crippen molar-refractivity contribution in [2.24, 2.45) is 0 Å². The number of aromatic nitrogens is 3. The van der Waals surface area contributed by atoms with Crippen molar-refractivity contribution >= 4 is 17.7 Å². The van der Waals surface area contributed by atoms with Crippen molar-refractivity contribution in [3.8, 4) is 0 Å². The van der Waals surface area contributed by atoms with Crippen LogP contribution in [0.2, 0.25) is 0 Å². The minimum absolute atomic E-state index is 0.0223. The molecule has 0 spiro atoms. The number of carbonyl (C=O) groups excluding carboxylic acids is 1. The fourth-order valence-electron chi connectivity index (χ4n) is 3.42. The molecule has 27 heavy (non-hydrogen) atoms. The van der Waals surface area contributed by atoms with Crippen molar-refractivity contribution in [1.82, 2.24) is 19.9 Å². The monoisotopic (exact) mass is 368 g/mol. The minimum atomic E-state index is 0.0223. The predicted molar refractivity (Wildman–Crippen MR) is 102 cm³/mol. The molecule has 0 aromatic carbocycles. The number of nitrogens with zero attached hydrogens (tertiary/aromatic N) is 5. The van der Waals surface area contributed by atoms with Crippen LogP contribution in [0, 0.1) is 0 Å². The second-order valence-corrected chi connectivity index (χ2v) is 6.82. The van der Waals surface area contributed by atoms with Crippen LogP contribution in [0.25, 0.3) is 0 Å². The van der Waals surface area contributed by atoms with Crippen LogP contribution in [0.3, 0.4) is 0 Å². The maximum atomic E-state index is 12.8. The molecule has 8 nitrogen and oxygen atoms in total. The third-order valence-electron chi connectivity index (χ3n) is 4.91. The van der Waals surface area contributed by atoms with E-state index in [4.69, 9.17) is 4.74 Å². The summed E-state index contributed by atoms with van der Waals surface area (Å²) in [4.78, 5) is 29.9. The van der Waals surface area contributed by atoms with Gasteiger partial charge in [-0.25, -0.2) is 15.0 Å². The first-order chi connectivity index (χ1) is 13.3. The van der Waals surface area contributed by atoms with E-state index in [1.54, 1.807) is 18.6 Å². The first kappa shape index (κ1) is 17.7. The Hall–Kier alpha value is -2.74. The summed E-state index contributed by atoms with van der Waals surface area (Å²) in [5.41, 5.74) is 0.618. The third-order valence-corrected chi connectivity index (χ3v) is 4.91. The van der Waals surface area contributed by atoms with Gasteiger partial charge in [-0.2, -0.15) is 0 Å². The molecule has 1 atom stereocenters. The number of amides is 1. The van der Waals surface area contributed by atoms with E-state index < -0.39 is 0 Å². The van der Waals surface area contributed by atoms with Gasteiger partial charge in [0, 0.05) is 51.4 Å². The highest BCUT2D eigenvalue weighted by Gasteiger charge is 2.22. The molecule has 0 aliphatic carbocycles. The summed E-state index contributed by atoms with van der Waals surface area (Å²) in [6.45, 7) is 4.44. The Kier molecular flexibility index (Phi) is 5.43. The average molecular weight is 368 g/mol. The molecule has 1 N–H and O–H groups in total. The van der Waals surface area contributed by atoms with Crippen molar-refractivity contribution in [2.45, 2.75) is 18.9 Å². The van der Waals surface area contributed by atoms with Gasteiger partial charge in [-0.05, 0) is 31.0 Å². The second kappa shape index (κ2) is 8.30. The molecule has 2 fully saturated rings. The van der Waals surface area contributed by atoms with Gasteiger partial charge in [0.1, 0.15) is 5.82 Å². The highest BCUT2D eigenvalue weighted by atomic mass is 16.5. The largest absolute Gasteiger partial charge is 0.379 e. The SMILES string of the molecule is O=C(c1ccc(NC2CCOC2)nc1)N1CCCN(c2ncccn2)CC1. The summed E-state index contributed by atoms with van der Waals surface area (Å²) in [7, 11) is 0. The molecular weight excluding hydrogens is 344 g/mol. The molecule has 1 amide bonds. The quantitative estimate of drug-likeness (QED) is 0.874. The highest BCUT2D eigenvalue weighted by molar-refractivity contribution is 5.94. The number of pyridine rings is 1. The standard InChI is InChI=1S/C19H24N6O2/c26-18(15-3-4-17(22-13-15)23-16-5-12-27-14-16)24-8-2-9-25(11-10-24)19-20-6-1-7-21-19/h1,3-4,6-7,13,16H,2,5,8-12,14H2,(H,22,23). The van der Waals surface area contributed by atoms with Crippen molar-refractivity contribution < 1.29 is 9.53 Å². The van der Waals surface area contributed by atoms with E-state index in [1.807, 2.05) is 23.1 Å². The van der Waals surface area contributed by atoms with Crippen LogP contribution in [-0.4, -0.2) is 71.2 Å². The molecule has 2 aliphatic rings. The molecule has 8 heteroatoms. The normalized spacial score (nSPS) is 20.4. The van der Waals surface area contributed by atoms with E-state index >= 15 is 0 Å². The van der Waals surface area contributed by atoms with E-state index in [0.29, 0.717) is 24.8 Å². The Balaban J connectivity index is 1.36. The molecule has 2 saturated heterocycles. The number of ether oxygens (including phenoxy) is 1. The Morgan fingerprint density at radius 2 is 2.00 bits per heavy atom. The zero-order valence-electron chi connectivity index (χ0n) is 15.3. The summed E-state index contributed by atoms with van der Waals surface area (Å²) < 4.78 is 5.36. The van der Waals surface area contributed by atoms with Crippen LogP contribution >= 0.6 is 0 Å². The summed E-state index contributed by atoms with van der Waals surface area (Å²) >= 11 is 0. The van der Waals surface area contributed by atoms with Crippen molar-refractivity contribution in [3.05, 3.63) is 42.4 Å². The van der Waals surface area contributed by atoms with Gasteiger partial charge in [0.15, 0.2) is 0 Å². The topological polar surface area (TPSA) is 83.5 Å². The molecule has 4 rings (SSSR count). The molecule has 2 aromatic heterocycles. The third kappa shape index (κ3) is 4.33. The molecule has 0 bridgehead atoms. The number of carbonyl (C=O) groups is 1. The molecular formula is C19H24N6O2. The lowest BCUT2D eigenvalue weighted by Gasteiger charge is -2.22. The summed E-state index contributed by atoms with van der Waals surface area (Å²) in [5, 5.41) is 3.34. The average Bonchev–Trinajstić information content (AvgIpc) is 3.10. The highest BCUT2D eigenvalue weighted by Crippen LogP contribution is 2.15. The lowest BCUT2D eigenvalue weighted by atomic mass is 10.2. The van der Waals surface area contributed by atoms with Gasteiger partial charge < -0.3 is 19.9 Å². The predicted octanol–water partition coefficient (Wildman–Crippen LogP) is 1.42. The van der Waals surface area contributed by atoms with Gasteiger partial charge >= 0.3 is 0 Å². The molecule has 0 saturated carbocycles. The zero-order valence-corrected chi connectivity index (χ0v) is 15.3. The Morgan fingerprint density at radius 3 is 2.74 bits per heavy atom.